The summed E-state index contributed by atoms with van der Waals surface area (Å²) in [5.74, 6) is 0. The molecule has 0 bridgehead atoms. The predicted molar refractivity (Wildman–Crippen MR) is 92.4 cm³/mol. The van der Waals surface area contributed by atoms with Gasteiger partial charge in [0.15, 0.2) is 0 Å². The Morgan fingerprint density at radius 1 is 1.08 bits per heavy atom. The lowest BCUT2D eigenvalue weighted by molar-refractivity contribution is 0.0260. The maximum absolute atomic E-state index is 12.3. The molecule has 4 nitrogen and oxygen atoms in total. The zero-order valence-corrected chi connectivity index (χ0v) is 13.8. The number of carbonyl (C=O) groups excluding carboxylic acids is 1. The van der Waals surface area contributed by atoms with Crippen LogP contribution in [0.15, 0.2) is 48.8 Å². The summed E-state index contributed by atoms with van der Waals surface area (Å²) in [7, 11) is 0. The zero-order chi connectivity index (χ0) is 16.4. The van der Waals surface area contributed by atoms with Crippen molar-refractivity contribution in [2.45, 2.75) is 44.2 Å². The summed E-state index contributed by atoms with van der Waals surface area (Å²) in [5.41, 5.74) is 3.12. The van der Waals surface area contributed by atoms with Gasteiger partial charge in [-0.05, 0) is 54.5 Å². The number of pyridine rings is 1. The zero-order valence-electron chi connectivity index (χ0n) is 13.8. The summed E-state index contributed by atoms with van der Waals surface area (Å²) in [6.45, 7) is 1.33. The van der Waals surface area contributed by atoms with Crippen LogP contribution in [0, 0.1) is 0 Å². The fourth-order valence-corrected chi connectivity index (χ4v) is 3.87. The van der Waals surface area contributed by atoms with E-state index >= 15 is 0 Å². The maximum Gasteiger partial charge on any atom is 0.410 e. The highest BCUT2D eigenvalue weighted by Crippen LogP contribution is 2.37. The molecule has 0 atom stereocenters. The van der Waals surface area contributed by atoms with Crippen LogP contribution in [-0.2, 0) is 11.3 Å². The minimum Gasteiger partial charge on any atom is -0.441 e. The number of amides is 1. The molecular formula is C20H22N2O2. The number of aromatic nitrogens is 1. The van der Waals surface area contributed by atoms with Crippen LogP contribution in [0.4, 0.5) is 4.79 Å². The average molecular weight is 322 g/mol. The molecular weight excluding hydrogens is 300 g/mol. The van der Waals surface area contributed by atoms with E-state index in [4.69, 9.17) is 4.74 Å². The van der Waals surface area contributed by atoms with Crippen molar-refractivity contribution in [2.75, 3.05) is 6.54 Å². The molecule has 1 saturated heterocycles. The Labute approximate surface area is 142 Å². The van der Waals surface area contributed by atoms with Crippen molar-refractivity contribution in [1.29, 1.82) is 0 Å². The first kappa shape index (κ1) is 15.2. The number of nitrogens with zero attached hydrogens (tertiary/aromatic N) is 2. The molecule has 4 rings (SSSR count). The molecule has 1 amide bonds. The molecule has 24 heavy (non-hydrogen) atoms. The van der Waals surface area contributed by atoms with Crippen molar-refractivity contribution in [3.8, 4) is 11.1 Å². The third kappa shape index (κ3) is 3.01. The molecule has 1 aliphatic heterocycles. The topological polar surface area (TPSA) is 42.4 Å². The van der Waals surface area contributed by atoms with Gasteiger partial charge in [-0.25, -0.2) is 4.79 Å². The van der Waals surface area contributed by atoms with E-state index < -0.39 is 0 Å². The van der Waals surface area contributed by atoms with Crippen molar-refractivity contribution in [2.24, 2.45) is 0 Å². The third-order valence-corrected chi connectivity index (χ3v) is 5.10. The Morgan fingerprint density at radius 3 is 2.71 bits per heavy atom. The van der Waals surface area contributed by atoms with Gasteiger partial charge in [-0.3, -0.25) is 9.88 Å². The Balaban J connectivity index is 1.50. The van der Waals surface area contributed by atoms with Crippen LogP contribution < -0.4 is 0 Å². The van der Waals surface area contributed by atoms with Crippen LogP contribution in [0.3, 0.4) is 0 Å². The van der Waals surface area contributed by atoms with Gasteiger partial charge in [0.1, 0.15) is 5.60 Å². The van der Waals surface area contributed by atoms with Crippen LogP contribution in [0.5, 0.6) is 0 Å². The first-order chi connectivity index (χ1) is 11.7. The van der Waals surface area contributed by atoms with E-state index in [9.17, 15) is 4.79 Å². The second-order valence-corrected chi connectivity index (χ2v) is 6.91. The van der Waals surface area contributed by atoms with Crippen LogP contribution in [0.1, 0.15) is 37.7 Å². The molecule has 1 aromatic heterocycles. The van der Waals surface area contributed by atoms with Crippen molar-refractivity contribution in [3.63, 3.8) is 0 Å². The molecule has 4 heteroatoms. The lowest BCUT2D eigenvalue weighted by Crippen LogP contribution is -2.36. The molecule has 0 radical (unpaired) electrons. The molecule has 2 aromatic rings. The van der Waals surface area contributed by atoms with Gasteiger partial charge >= 0.3 is 6.09 Å². The number of hydrogen-bond donors (Lipinski definition) is 0. The lowest BCUT2D eigenvalue weighted by atomic mass is 9.85. The monoisotopic (exact) mass is 322 g/mol. The van der Waals surface area contributed by atoms with E-state index in [1.807, 2.05) is 29.3 Å². The predicted octanol–water partition coefficient (Wildman–Crippen LogP) is 4.40. The minimum absolute atomic E-state index is 0.163. The lowest BCUT2D eigenvalue weighted by Gasteiger charge is -2.30. The molecule has 0 unspecified atom stereocenters. The molecule has 2 aliphatic rings. The number of benzene rings is 1. The molecule has 1 saturated carbocycles. The second-order valence-electron chi connectivity index (χ2n) is 6.91. The Morgan fingerprint density at radius 2 is 1.92 bits per heavy atom. The minimum atomic E-state index is -0.226. The summed E-state index contributed by atoms with van der Waals surface area (Å²) >= 11 is 0. The molecule has 124 valence electrons. The van der Waals surface area contributed by atoms with Crippen LogP contribution in [0.2, 0.25) is 0 Å². The Hall–Kier alpha value is -2.36. The Kier molecular flexibility index (Phi) is 3.97. The highest BCUT2D eigenvalue weighted by atomic mass is 16.6. The summed E-state index contributed by atoms with van der Waals surface area (Å²) in [4.78, 5) is 18.3. The second kappa shape index (κ2) is 6.27. The van der Waals surface area contributed by atoms with E-state index in [1.165, 1.54) is 6.42 Å². The first-order valence-corrected chi connectivity index (χ1v) is 8.71. The van der Waals surface area contributed by atoms with E-state index in [-0.39, 0.29) is 11.7 Å². The summed E-state index contributed by atoms with van der Waals surface area (Å²) in [6.07, 6.45) is 9.07. The van der Waals surface area contributed by atoms with Crippen LogP contribution >= 0.6 is 0 Å². The highest BCUT2D eigenvalue weighted by Gasteiger charge is 2.45. The van der Waals surface area contributed by atoms with E-state index in [1.54, 1.807) is 6.20 Å². The quantitative estimate of drug-likeness (QED) is 0.841. The van der Waals surface area contributed by atoms with Crippen LogP contribution in [0.25, 0.3) is 11.1 Å². The van der Waals surface area contributed by atoms with Crippen molar-refractivity contribution in [1.82, 2.24) is 9.88 Å². The maximum atomic E-state index is 12.3. The normalized spacial score (nSPS) is 19.5. The molecule has 2 heterocycles. The first-order valence-electron chi connectivity index (χ1n) is 8.71. The van der Waals surface area contributed by atoms with Crippen molar-refractivity contribution < 1.29 is 9.53 Å². The molecule has 1 spiro atoms. The van der Waals surface area contributed by atoms with Gasteiger partial charge in [0.05, 0.1) is 6.54 Å². The number of ether oxygens (including phenoxy) is 1. The molecule has 1 aliphatic carbocycles. The average Bonchev–Trinajstić information content (AvgIpc) is 2.91. The summed E-state index contributed by atoms with van der Waals surface area (Å²) in [6, 6.07) is 12.3. The van der Waals surface area contributed by atoms with Gasteiger partial charge in [-0.1, -0.05) is 30.7 Å². The molecule has 1 aromatic carbocycles. The third-order valence-electron chi connectivity index (χ3n) is 5.10. The number of hydrogen-bond acceptors (Lipinski definition) is 3. The van der Waals surface area contributed by atoms with Gasteiger partial charge in [-0.2, -0.15) is 0 Å². The van der Waals surface area contributed by atoms with E-state index in [0.717, 1.165) is 48.9 Å². The fourth-order valence-electron chi connectivity index (χ4n) is 3.87. The van der Waals surface area contributed by atoms with Gasteiger partial charge in [0, 0.05) is 18.9 Å². The van der Waals surface area contributed by atoms with Crippen LogP contribution in [-0.4, -0.2) is 28.1 Å². The SMILES string of the molecule is O=C1OC2(CCCCC2)CN1Cc1cccc(-c2cccnc2)c1. The number of carbonyl (C=O) groups is 1. The van der Waals surface area contributed by atoms with Gasteiger partial charge < -0.3 is 4.74 Å². The fraction of sp³-hybridized carbons (Fsp3) is 0.400. The van der Waals surface area contributed by atoms with Crippen molar-refractivity contribution >= 4 is 6.09 Å². The molecule has 0 N–H and O–H groups in total. The van der Waals surface area contributed by atoms with Crippen molar-refractivity contribution in [3.05, 3.63) is 54.4 Å². The number of rotatable bonds is 3. The highest BCUT2D eigenvalue weighted by molar-refractivity contribution is 5.71. The standard InChI is InChI=1S/C20H22N2O2/c23-19-22(15-20(24-19)9-2-1-3-10-20)14-16-6-4-7-17(12-16)18-8-5-11-21-13-18/h4-8,11-13H,1-3,9-10,14-15H2. The van der Waals surface area contributed by atoms with E-state index in [0.29, 0.717) is 6.54 Å². The molecule has 2 fully saturated rings. The van der Waals surface area contributed by atoms with Gasteiger partial charge in [0.25, 0.3) is 0 Å². The summed E-state index contributed by atoms with van der Waals surface area (Å²) < 4.78 is 5.77. The van der Waals surface area contributed by atoms with Gasteiger partial charge in [-0.15, -0.1) is 0 Å². The smallest absolute Gasteiger partial charge is 0.410 e. The Bertz CT molecular complexity index is 723. The summed E-state index contributed by atoms with van der Waals surface area (Å²) in [5, 5.41) is 0. The van der Waals surface area contributed by atoms with Gasteiger partial charge in [0.2, 0.25) is 0 Å². The van der Waals surface area contributed by atoms with E-state index in [2.05, 4.69) is 23.2 Å². The largest absolute Gasteiger partial charge is 0.441 e.